The van der Waals surface area contributed by atoms with Gasteiger partial charge in [0, 0.05) is 18.4 Å². The molecule has 0 saturated carbocycles. The van der Waals surface area contributed by atoms with Gasteiger partial charge in [0.15, 0.2) is 0 Å². The molecule has 1 aromatic heterocycles. The molecule has 1 aliphatic heterocycles. The smallest absolute Gasteiger partial charge is 0.0948 e. The van der Waals surface area contributed by atoms with Gasteiger partial charge >= 0.3 is 0 Å². The van der Waals surface area contributed by atoms with Crippen molar-refractivity contribution in [3.05, 3.63) is 24.0 Å². The molecule has 0 spiro atoms. The molecule has 72 valence electrons. The van der Waals surface area contributed by atoms with E-state index in [0.717, 1.165) is 25.2 Å². The van der Waals surface area contributed by atoms with E-state index < -0.39 is 0 Å². The van der Waals surface area contributed by atoms with Crippen LogP contribution in [0.4, 0.5) is 0 Å². The van der Waals surface area contributed by atoms with E-state index in [1.54, 1.807) is 0 Å². The van der Waals surface area contributed by atoms with Gasteiger partial charge in [0.25, 0.3) is 0 Å². The Balaban J connectivity index is 1.87. The van der Waals surface area contributed by atoms with E-state index >= 15 is 0 Å². The molecule has 0 bridgehead atoms. The first-order valence-corrected chi connectivity index (χ1v) is 4.86. The van der Waals surface area contributed by atoms with Crippen molar-refractivity contribution >= 4 is 0 Å². The fourth-order valence-corrected chi connectivity index (χ4v) is 1.70. The summed E-state index contributed by atoms with van der Waals surface area (Å²) in [5.41, 5.74) is 1.16. The van der Waals surface area contributed by atoms with E-state index in [9.17, 15) is 0 Å². The van der Waals surface area contributed by atoms with Crippen LogP contribution in [0.25, 0.3) is 0 Å². The number of rotatable bonds is 3. The van der Waals surface area contributed by atoms with Crippen molar-refractivity contribution in [2.24, 2.45) is 0 Å². The lowest BCUT2D eigenvalue weighted by molar-refractivity contribution is 0.00629. The van der Waals surface area contributed by atoms with Crippen molar-refractivity contribution in [1.29, 1.82) is 0 Å². The number of aromatic nitrogens is 1. The summed E-state index contributed by atoms with van der Waals surface area (Å²) in [5.74, 6) is 0. The number of ether oxygens (including phenoxy) is 1. The number of hydrogen-bond acceptors (Lipinski definition) is 2. The van der Waals surface area contributed by atoms with E-state index in [4.69, 9.17) is 4.74 Å². The van der Waals surface area contributed by atoms with Crippen LogP contribution in [-0.4, -0.2) is 24.2 Å². The molecule has 1 fully saturated rings. The van der Waals surface area contributed by atoms with Crippen molar-refractivity contribution < 1.29 is 4.74 Å². The van der Waals surface area contributed by atoms with Crippen molar-refractivity contribution in [2.75, 3.05) is 13.1 Å². The van der Waals surface area contributed by atoms with Crippen LogP contribution in [0.2, 0.25) is 0 Å². The quantitative estimate of drug-likeness (QED) is 0.738. The van der Waals surface area contributed by atoms with Crippen molar-refractivity contribution in [1.82, 2.24) is 10.3 Å². The molecule has 2 atom stereocenters. The molecule has 1 aromatic rings. The monoisotopic (exact) mass is 180 g/mol. The Morgan fingerprint density at radius 1 is 1.62 bits per heavy atom. The predicted molar refractivity (Wildman–Crippen MR) is 51.6 cm³/mol. The fourth-order valence-electron chi connectivity index (χ4n) is 1.70. The molecular weight excluding hydrogens is 164 g/mol. The normalized spacial score (nSPS) is 24.8. The Morgan fingerprint density at radius 3 is 3.15 bits per heavy atom. The zero-order chi connectivity index (χ0) is 9.10. The largest absolute Gasteiger partial charge is 0.368 e. The van der Waals surface area contributed by atoms with Crippen LogP contribution >= 0.6 is 0 Å². The molecule has 2 heterocycles. The first kappa shape index (κ1) is 8.78. The average molecular weight is 180 g/mol. The molecule has 0 aliphatic carbocycles. The summed E-state index contributed by atoms with van der Waals surface area (Å²) in [5, 5.41) is 3.29. The summed E-state index contributed by atoms with van der Waals surface area (Å²) in [6.45, 7) is 4.16. The van der Waals surface area contributed by atoms with E-state index in [-0.39, 0.29) is 6.10 Å². The van der Waals surface area contributed by atoms with E-state index in [1.165, 1.54) is 0 Å². The van der Waals surface area contributed by atoms with Crippen molar-refractivity contribution in [2.45, 2.75) is 25.6 Å². The molecule has 3 heteroatoms. The summed E-state index contributed by atoms with van der Waals surface area (Å²) in [6, 6.07) is 4.06. The van der Waals surface area contributed by atoms with Gasteiger partial charge in [-0.3, -0.25) is 0 Å². The zero-order valence-electron chi connectivity index (χ0n) is 7.92. The van der Waals surface area contributed by atoms with Gasteiger partial charge in [-0.25, -0.2) is 0 Å². The van der Waals surface area contributed by atoms with Gasteiger partial charge in [0.1, 0.15) is 0 Å². The lowest BCUT2D eigenvalue weighted by Crippen LogP contribution is -2.18. The number of H-pyrrole nitrogens is 1. The van der Waals surface area contributed by atoms with Crippen LogP contribution in [0.1, 0.15) is 25.1 Å². The minimum atomic E-state index is 0.180. The molecule has 0 unspecified atom stereocenters. The molecule has 0 radical (unpaired) electrons. The van der Waals surface area contributed by atoms with Gasteiger partial charge in [-0.2, -0.15) is 0 Å². The van der Waals surface area contributed by atoms with Crippen LogP contribution in [-0.2, 0) is 4.74 Å². The van der Waals surface area contributed by atoms with Crippen molar-refractivity contribution in [3.8, 4) is 0 Å². The Labute approximate surface area is 78.5 Å². The van der Waals surface area contributed by atoms with Gasteiger partial charge in [0.05, 0.1) is 12.2 Å². The van der Waals surface area contributed by atoms with E-state index in [2.05, 4.69) is 23.3 Å². The number of hydrogen-bond donors (Lipinski definition) is 2. The third-order valence-corrected chi connectivity index (χ3v) is 2.47. The maximum Gasteiger partial charge on any atom is 0.0948 e. The maximum absolute atomic E-state index is 5.86. The summed E-state index contributed by atoms with van der Waals surface area (Å²) >= 11 is 0. The molecule has 2 rings (SSSR count). The summed E-state index contributed by atoms with van der Waals surface area (Å²) in [7, 11) is 0. The topological polar surface area (TPSA) is 37.0 Å². The third kappa shape index (κ3) is 2.11. The Hall–Kier alpha value is -0.800. The molecule has 0 amide bonds. The molecule has 1 saturated heterocycles. The Kier molecular flexibility index (Phi) is 2.66. The SMILES string of the molecule is C[C@@H](O[C@@H]1CCNC1)c1ccc[nH]1. The van der Waals surface area contributed by atoms with Gasteiger partial charge in [0.2, 0.25) is 0 Å². The van der Waals surface area contributed by atoms with Gasteiger partial charge in [-0.05, 0) is 32.0 Å². The van der Waals surface area contributed by atoms with Crippen LogP contribution < -0.4 is 5.32 Å². The molecular formula is C10H16N2O. The number of nitrogens with one attached hydrogen (secondary N) is 2. The second-order valence-electron chi connectivity index (χ2n) is 3.52. The Morgan fingerprint density at radius 2 is 2.54 bits per heavy atom. The van der Waals surface area contributed by atoms with Gasteiger partial charge in [-0.15, -0.1) is 0 Å². The lowest BCUT2D eigenvalue weighted by Gasteiger charge is -2.16. The lowest BCUT2D eigenvalue weighted by atomic mass is 10.2. The van der Waals surface area contributed by atoms with Crippen LogP contribution in [0, 0.1) is 0 Å². The van der Waals surface area contributed by atoms with E-state index in [1.807, 2.05) is 12.3 Å². The number of aromatic amines is 1. The summed E-state index contributed by atoms with van der Waals surface area (Å²) in [6.07, 6.45) is 3.63. The highest BCUT2D eigenvalue weighted by molar-refractivity contribution is 5.06. The highest BCUT2D eigenvalue weighted by atomic mass is 16.5. The summed E-state index contributed by atoms with van der Waals surface area (Å²) in [4.78, 5) is 3.17. The maximum atomic E-state index is 5.86. The minimum Gasteiger partial charge on any atom is -0.368 e. The first-order chi connectivity index (χ1) is 6.36. The molecule has 1 aliphatic rings. The molecule has 2 N–H and O–H groups in total. The second kappa shape index (κ2) is 3.94. The fraction of sp³-hybridized carbons (Fsp3) is 0.600. The van der Waals surface area contributed by atoms with Crippen molar-refractivity contribution in [3.63, 3.8) is 0 Å². The van der Waals surface area contributed by atoms with Gasteiger partial charge in [-0.1, -0.05) is 0 Å². The first-order valence-electron chi connectivity index (χ1n) is 4.86. The summed E-state index contributed by atoms with van der Waals surface area (Å²) < 4.78 is 5.86. The Bertz CT molecular complexity index is 239. The van der Waals surface area contributed by atoms with Crippen LogP contribution in [0.15, 0.2) is 18.3 Å². The second-order valence-corrected chi connectivity index (χ2v) is 3.52. The molecule has 13 heavy (non-hydrogen) atoms. The molecule has 0 aromatic carbocycles. The molecule has 3 nitrogen and oxygen atoms in total. The van der Waals surface area contributed by atoms with Crippen LogP contribution in [0.3, 0.4) is 0 Å². The van der Waals surface area contributed by atoms with Crippen LogP contribution in [0.5, 0.6) is 0 Å². The highest BCUT2D eigenvalue weighted by Crippen LogP contribution is 2.18. The minimum absolute atomic E-state index is 0.180. The third-order valence-electron chi connectivity index (χ3n) is 2.47. The zero-order valence-corrected chi connectivity index (χ0v) is 7.92. The highest BCUT2D eigenvalue weighted by Gasteiger charge is 2.18. The van der Waals surface area contributed by atoms with Gasteiger partial charge < -0.3 is 15.0 Å². The standard InChI is InChI=1S/C10H16N2O/c1-8(10-3-2-5-12-10)13-9-4-6-11-7-9/h2-3,5,8-9,11-12H,4,6-7H2,1H3/t8-,9-/m1/s1. The van der Waals surface area contributed by atoms with E-state index in [0.29, 0.717) is 6.10 Å². The average Bonchev–Trinajstić information content (AvgIpc) is 2.74. The predicted octanol–water partition coefficient (Wildman–Crippen LogP) is 1.45.